The number of nitrogens with two attached hydrogens (primary N) is 1. The molecule has 11 rings (SSSR count). The van der Waals surface area contributed by atoms with Crippen LogP contribution >= 0.6 is 56.8 Å². The van der Waals surface area contributed by atoms with Crippen molar-refractivity contribution in [1.29, 1.82) is 0 Å². The third-order valence-corrected chi connectivity index (χ3v) is 16.0. The molecular weight excluding hydrogens is 1650 g/mol. The van der Waals surface area contributed by atoms with Crippen LogP contribution in [0.1, 0.15) is 41.3 Å². The fourth-order valence-corrected chi connectivity index (χ4v) is 10.1. The first-order valence-corrected chi connectivity index (χ1v) is 31.3. The number of non-ortho nitro benzene ring substituents is 2. The van der Waals surface area contributed by atoms with E-state index in [-0.39, 0.29) is 132 Å². The molecule has 0 aliphatic heterocycles. The topological polar surface area (TPSA) is 497 Å². The number of aromatic nitrogens is 9. The highest BCUT2D eigenvalue weighted by molar-refractivity contribution is 14.1. The third-order valence-electron chi connectivity index (χ3n) is 14.4. The van der Waals surface area contributed by atoms with Gasteiger partial charge in [0.25, 0.3) is 56.1 Å². The van der Waals surface area contributed by atoms with Crippen LogP contribution in [0, 0.1) is 72.0 Å². The van der Waals surface area contributed by atoms with Crippen LogP contribution in [0.5, 0.6) is 0 Å². The number of pyridine rings is 3. The predicted molar refractivity (Wildman–Crippen MR) is 411 cm³/mol. The number of hydrogen-bond acceptors (Lipinski definition) is 25. The van der Waals surface area contributed by atoms with Gasteiger partial charge in [-0.15, -0.1) is 0 Å². The Balaban J connectivity index is 0.000000366. The fraction of sp³-hybridized carbons (Fsp3) is 0.215. The van der Waals surface area contributed by atoms with Gasteiger partial charge in [0.2, 0.25) is 0 Å². The normalized spacial score (nSPS) is 10.4. The SMILES string of the molecule is C.C.C.C.Cc1ccc(Nc2cc(=O)n(C)c3ncn(-c4ccc([N+](=O)[O-])cc4[N+](=O)[O-])c(=O)c23)c(F)c1.Cn1c(=O)cc(Nc2ccc(I)cc2F)c2c(=O)[nH]cnc21.Cn1c(=O)cc(Nc2ccc(I)cc2F)c2c(=O)n(C(CO)CO)cnc21.NC(CO)CO.O=[N+]([O-])c1ccc(Cl)c([N+](=O)[O-])c1. The summed E-state index contributed by atoms with van der Waals surface area (Å²) in [4.78, 5) is 130. The number of hydrogen-bond donors (Lipinski definition) is 9. The van der Waals surface area contributed by atoms with Crippen molar-refractivity contribution in [2.24, 2.45) is 26.9 Å². The Morgan fingerprint density at radius 3 is 1.34 bits per heavy atom. The minimum atomic E-state index is -0.880. The van der Waals surface area contributed by atoms with E-state index in [1.165, 1.54) is 79.1 Å². The zero-order chi connectivity index (χ0) is 75.3. The number of benzene rings is 5. The quantitative estimate of drug-likeness (QED) is 0.0247. The van der Waals surface area contributed by atoms with Crippen molar-refractivity contribution in [2.75, 3.05) is 42.4 Å². The second kappa shape index (κ2) is 39.0. The molecule has 0 unspecified atom stereocenters. The second-order valence-corrected chi connectivity index (χ2v) is 24.1. The number of aryl methyl sites for hydroxylation is 4. The molecule has 6 heterocycles. The Morgan fingerprint density at radius 1 is 0.519 bits per heavy atom. The monoisotopic (exact) mass is 1720 g/mol. The van der Waals surface area contributed by atoms with Crippen molar-refractivity contribution >= 4 is 147 Å². The number of nitro benzene ring substituents is 4. The first-order chi connectivity index (χ1) is 48.2. The van der Waals surface area contributed by atoms with Gasteiger partial charge in [-0.25, -0.2) is 28.1 Å². The molecule has 0 amide bonds. The molecule has 0 radical (unpaired) electrons. The van der Waals surface area contributed by atoms with Crippen molar-refractivity contribution in [3.8, 4) is 5.69 Å². The molecule has 0 saturated heterocycles. The van der Waals surface area contributed by atoms with Gasteiger partial charge < -0.3 is 47.1 Å². The highest BCUT2D eigenvalue weighted by Crippen LogP contribution is 2.32. The maximum absolute atomic E-state index is 14.4. The Bertz CT molecular complexity index is 5490. The molecular formula is C65H69ClF3I2N17O18. The van der Waals surface area contributed by atoms with Crippen molar-refractivity contribution in [3.63, 3.8) is 0 Å². The van der Waals surface area contributed by atoms with Crippen LogP contribution in [-0.4, -0.2) is 115 Å². The third kappa shape index (κ3) is 20.8. The van der Waals surface area contributed by atoms with E-state index in [2.05, 4.69) is 35.9 Å². The van der Waals surface area contributed by atoms with E-state index in [4.69, 9.17) is 27.5 Å². The number of halogens is 6. The van der Waals surface area contributed by atoms with E-state index in [1.807, 2.05) is 45.2 Å². The summed E-state index contributed by atoms with van der Waals surface area (Å²) in [7, 11) is 4.37. The fourth-order valence-electron chi connectivity index (χ4n) is 9.05. The number of H-pyrrole nitrogens is 1. The van der Waals surface area contributed by atoms with Crippen LogP contribution in [0.15, 0.2) is 157 Å². The molecule has 5 aromatic carbocycles. The standard InChI is InChI=1S/C21H15FN6O6.C17H16FIN4O4.C14H10FIN4O2.C6H3ClN2O4.C3H9NO2.4CH4/c1-11-3-5-14(13(22)7-11)24-15-9-18(29)25(2)20-19(15)21(30)26(10-23-20)16-6-4-12(27(31)32)8-17(16)28(33)34;1-22-14(26)5-13(21-12-3-2-9(19)4-11(12)18)15-16(22)20-8-23(17(15)27)10(6-24)7-25;1-20-11(21)5-10(12-13(20)17-6-18-14(12)22)19-9-3-2-7(16)4-8(9)15;7-5-2-1-4(8(10)11)3-6(5)9(12)13;4-3(1-5)2-6;;;;/h3-10,24H,1-2H3;2-5,8,10,21,24-25H,6-7H2,1H3;2-6,19H,1H3,(H,17,18,22);1-3H;3,5-6H,1-2,4H2;4*1H4. The molecule has 41 heteroatoms. The molecule has 0 aliphatic carbocycles. The molecule has 0 saturated carbocycles. The van der Waals surface area contributed by atoms with E-state index in [0.29, 0.717) is 9.13 Å². The van der Waals surface area contributed by atoms with Crippen LogP contribution in [0.4, 0.5) is 70.0 Å². The molecule has 0 fully saturated rings. The van der Waals surface area contributed by atoms with Crippen LogP contribution in [0.2, 0.25) is 5.02 Å². The molecule has 6 aromatic heterocycles. The first-order valence-electron chi connectivity index (χ1n) is 28.7. The molecule has 0 atom stereocenters. The van der Waals surface area contributed by atoms with Gasteiger partial charge in [0, 0.05) is 58.6 Å². The maximum atomic E-state index is 14.4. The second-order valence-electron chi connectivity index (χ2n) is 21.2. The van der Waals surface area contributed by atoms with Gasteiger partial charge in [-0.05, 0) is 118 Å². The van der Waals surface area contributed by atoms with E-state index in [0.717, 1.165) is 72.4 Å². The average Bonchev–Trinajstić information content (AvgIpc) is 0.762. The van der Waals surface area contributed by atoms with Crippen LogP contribution in [0.25, 0.3) is 38.8 Å². The summed E-state index contributed by atoms with van der Waals surface area (Å²) in [5, 5.41) is 86.3. The summed E-state index contributed by atoms with van der Waals surface area (Å²) >= 11 is 9.40. The van der Waals surface area contributed by atoms with Crippen LogP contribution in [-0.2, 0) is 21.1 Å². The van der Waals surface area contributed by atoms with E-state index < -0.39 is 107 Å². The number of aliphatic hydroxyl groups excluding tert-OH is 4. The Hall–Kier alpha value is -11.3. The molecule has 564 valence electrons. The van der Waals surface area contributed by atoms with Gasteiger partial charge in [-0.2, -0.15) is 0 Å². The van der Waals surface area contributed by atoms with E-state index >= 15 is 0 Å². The van der Waals surface area contributed by atoms with Crippen LogP contribution in [0.3, 0.4) is 0 Å². The lowest BCUT2D eigenvalue weighted by Crippen LogP contribution is -2.31. The number of anilines is 6. The zero-order valence-corrected chi connectivity index (χ0v) is 57.9. The zero-order valence-electron chi connectivity index (χ0n) is 52.8. The lowest BCUT2D eigenvalue weighted by Gasteiger charge is -2.17. The van der Waals surface area contributed by atoms with Crippen molar-refractivity contribution in [3.05, 3.63) is 266 Å². The number of nitro groups is 4. The van der Waals surface area contributed by atoms with Crippen LogP contribution < -0.4 is 55.0 Å². The van der Waals surface area contributed by atoms with Crippen molar-refractivity contribution < 1.29 is 53.3 Å². The lowest BCUT2D eigenvalue weighted by molar-refractivity contribution is -0.394. The number of aromatic amines is 1. The highest BCUT2D eigenvalue weighted by Gasteiger charge is 2.25. The Morgan fingerprint density at radius 2 is 0.925 bits per heavy atom. The minimum absolute atomic E-state index is 0. The first kappa shape index (κ1) is 88.9. The largest absolute Gasteiger partial charge is 0.395 e. The van der Waals surface area contributed by atoms with Crippen molar-refractivity contribution in [1.82, 2.24) is 42.8 Å². The lowest BCUT2D eigenvalue weighted by atomic mass is 10.2. The van der Waals surface area contributed by atoms with Crippen molar-refractivity contribution in [2.45, 2.75) is 48.7 Å². The summed E-state index contributed by atoms with van der Waals surface area (Å²) in [6.07, 6.45) is 3.37. The molecule has 0 spiro atoms. The minimum Gasteiger partial charge on any atom is -0.395 e. The van der Waals surface area contributed by atoms with Gasteiger partial charge in [0.1, 0.15) is 57.0 Å². The average molecular weight is 1720 g/mol. The summed E-state index contributed by atoms with van der Waals surface area (Å²) in [5.41, 5.74) is 1.03. The number of nitrogens with zero attached hydrogens (tertiary/aromatic N) is 12. The molecule has 0 aliphatic rings. The molecule has 0 bridgehead atoms. The van der Waals surface area contributed by atoms with Gasteiger partial charge in [-0.1, -0.05) is 47.4 Å². The van der Waals surface area contributed by atoms with Gasteiger partial charge >= 0.3 is 0 Å². The number of nitrogens with one attached hydrogen (secondary N) is 4. The number of aliphatic hydroxyl groups is 4. The summed E-state index contributed by atoms with van der Waals surface area (Å²) in [6, 6.07) is 21.5. The summed E-state index contributed by atoms with van der Waals surface area (Å²) < 4.78 is 49.5. The van der Waals surface area contributed by atoms with Gasteiger partial charge in [-0.3, -0.25) is 92.1 Å². The Kier molecular flexibility index (Phi) is 32.7. The van der Waals surface area contributed by atoms with E-state index in [1.54, 1.807) is 31.2 Å². The number of rotatable bonds is 16. The molecule has 106 heavy (non-hydrogen) atoms. The Labute approximate surface area is 628 Å². The summed E-state index contributed by atoms with van der Waals surface area (Å²) in [6.45, 7) is 0.473. The molecule has 35 nitrogen and oxygen atoms in total. The molecule has 10 N–H and O–H groups in total. The number of fused-ring (bicyclic) bond motifs is 3. The maximum Gasteiger partial charge on any atom is 0.300 e. The van der Waals surface area contributed by atoms with E-state index in [9.17, 15) is 92.6 Å². The predicted octanol–water partition coefficient (Wildman–Crippen LogP) is 9.31. The summed E-state index contributed by atoms with van der Waals surface area (Å²) in [5.74, 6) is -1.63. The molecule has 11 aromatic rings. The smallest absolute Gasteiger partial charge is 0.300 e. The highest BCUT2D eigenvalue weighted by atomic mass is 127. The van der Waals surface area contributed by atoms with Gasteiger partial charge in [0.15, 0.2) is 16.9 Å². The van der Waals surface area contributed by atoms with Gasteiger partial charge in [0.05, 0.1) is 111 Å².